The molecule has 0 aliphatic rings. The molecule has 0 radical (unpaired) electrons. The van der Waals surface area contributed by atoms with Crippen LogP contribution in [-0.4, -0.2) is 29.4 Å². The molecule has 0 spiro atoms. The molecular formula is C19H16F3N5O. The lowest BCUT2D eigenvalue weighted by molar-refractivity contribution is -0.137. The first kappa shape index (κ1) is 18.0. The van der Waals surface area contributed by atoms with Gasteiger partial charge in [0.2, 0.25) is 5.88 Å². The molecular weight excluding hydrogens is 371 g/mol. The van der Waals surface area contributed by atoms with Gasteiger partial charge >= 0.3 is 6.18 Å². The van der Waals surface area contributed by atoms with Gasteiger partial charge in [-0.15, -0.1) is 0 Å². The number of pyridine rings is 2. The second-order valence-corrected chi connectivity index (χ2v) is 6.42. The van der Waals surface area contributed by atoms with Gasteiger partial charge in [0.1, 0.15) is 0 Å². The Balaban J connectivity index is 1.85. The van der Waals surface area contributed by atoms with E-state index >= 15 is 0 Å². The normalized spacial score (nSPS) is 12.0. The molecule has 4 aromatic rings. The SMILES string of the molecule is CCn1cc(-n2cc3nc(-c4cncc(C(F)(F)F)c4)cc(C)c3c2O)cn1. The number of aromatic hydroxyl groups is 1. The fourth-order valence-electron chi connectivity index (χ4n) is 3.12. The molecule has 0 bridgehead atoms. The Morgan fingerprint density at radius 3 is 2.57 bits per heavy atom. The van der Waals surface area contributed by atoms with Gasteiger partial charge in [-0.2, -0.15) is 18.3 Å². The van der Waals surface area contributed by atoms with Crippen molar-refractivity contribution in [1.82, 2.24) is 24.3 Å². The van der Waals surface area contributed by atoms with Crippen molar-refractivity contribution in [1.29, 1.82) is 0 Å². The number of aryl methyl sites for hydroxylation is 2. The van der Waals surface area contributed by atoms with Crippen LogP contribution < -0.4 is 0 Å². The molecule has 0 atom stereocenters. The van der Waals surface area contributed by atoms with Crippen LogP contribution in [0.15, 0.2) is 43.1 Å². The molecule has 0 amide bonds. The van der Waals surface area contributed by atoms with E-state index in [9.17, 15) is 18.3 Å². The predicted molar refractivity (Wildman–Crippen MR) is 97.2 cm³/mol. The molecule has 144 valence electrons. The molecule has 0 fully saturated rings. The molecule has 0 saturated carbocycles. The molecule has 0 aliphatic carbocycles. The van der Waals surface area contributed by atoms with Gasteiger partial charge in [-0.05, 0) is 31.5 Å². The summed E-state index contributed by atoms with van der Waals surface area (Å²) in [5.74, 6) is 0.00405. The van der Waals surface area contributed by atoms with Gasteiger partial charge in [0.15, 0.2) is 0 Å². The van der Waals surface area contributed by atoms with E-state index in [-0.39, 0.29) is 11.4 Å². The molecule has 0 unspecified atom stereocenters. The van der Waals surface area contributed by atoms with Gasteiger partial charge in [0.05, 0.1) is 34.0 Å². The van der Waals surface area contributed by atoms with Gasteiger partial charge in [-0.25, -0.2) is 4.98 Å². The summed E-state index contributed by atoms with van der Waals surface area (Å²) in [5, 5.41) is 15.4. The molecule has 9 heteroatoms. The quantitative estimate of drug-likeness (QED) is 0.568. The van der Waals surface area contributed by atoms with Crippen molar-refractivity contribution in [2.45, 2.75) is 26.6 Å². The van der Waals surface area contributed by atoms with Crippen LogP contribution in [0.3, 0.4) is 0 Å². The number of fused-ring (bicyclic) bond motifs is 1. The standard InChI is InChI=1S/C19H16F3N5O/c1-3-26-9-14(8-24-26)27-10-16-17(18(27)28)11(2)4-15(25-16)12-5-13(7-23-6-12)19(20,21)22/h4-10,28H,3H2,1-2H3. The van der Waals surface area contributed by atoms with E-state index in [1.807, 2.05) is 6.92 Å². The Hall–Kier alpha value is -3.36. The van der Waals surface area contributed by atoms with Gasteiger partial charge < -0.3 is 5.11 Å². The zero-order valence-corrected chi connectivity index (χ0v) is 15.1. The lowest BCUT2D eigenvalue weighted by atomic mass is 10.1. The third-order valence-corrected chi connectivity index (χ3v) is 4.53. The van der Waals surface area contributed by atoms with Crippen molar-refractivity contribution in [2.75, 3.05) is 0 Å². The third-order valence-electron chi connectivity index (χ3n) is 4.53. The van der Waals surface area contributed by atoms with Gasteiger partial charge in [0, 0.05) is 36.9 Å². The zero-order chi connectivity index (χ0) is 20.1. The minimum atomic E-state index is -4.48. The van der Waals surface area contributed by atoms with Crippen LogP contribution >= 0.6 is 0 Å². The molecule has 0 aliphatic heterocycles. The highest BCUT2D eigenvalue weighted by atomic mass is 19.4. The van der Waals surface area contributed by atoms with Crippen LogP contribution in [0.25, 0.3) is 27.8 Å². The van der Waals surface area contributed by atoms with Crippen LogP contribution in [0.4, 0.5) is 13.2 Å². The van der Waals surface area contributed by atoms with Crippen LogP contribution in [0, 0.1) is 6.92 Å². The zero-order valence-electron chi connectivity index (χ0n) is 15.1. The second kappa shape index (κ2) is 6.36. The van der Waals surface area contributed by atoms with Crippen molar-refractivity contribution in [3.05, 3.63) is 54.2 Å². The molecule has 0 saturated heterocycles. The van der Waals surface area contributed by atoms with Crippen LogP contribution in [0.1, 0.15) is 18.1 Å². The van der Waals surface area contributed by atoms with E-state index in [1.165, 1.54) is 6.20 Å². The van der Waals surface area contributed by atoms with Gasteiger partial charge in [-0.1, -0.05) is 0 Å². The number of rotatable bonds is 3. The van der Waals surface area contributed by atoms with E-state index in [0.717, 1.165) is 12.3 Å². The van der Waals surface area contributed by atoms with Crippen molar-refractivity contribution >= 4 is 10.9 Å². The molecule has 6 nitrogen and oxygen atoms in total. The molecule has 28 heavy (non-hydrogen) atoms. The summed E-state index contributed by atoms with van der Waals surface area (Å²) in [6.07, 6.45) is 2.68. The van der Waals surface area contributed by atoms with Crippen molar-refractivity contribution in [2.24, 2.45) is 0 Å². The third kappa shape index (κ3) is 2.98. The van der Waals surface area contributed by atoms with Gasteiger partial charge in [-0.3, -0.25) is 14.2 Å². The molecule has 4 heterocycles. The van der Waals surface area contributed by atoms with Crippen LogP contribution in [-0.2, 0) is 12.7 Å². The summed E-state index contributed by atoms with van der Waals surface area (Å²) in [6.45, 7) is 4.41. The number of aromatic nitrogens is 5. The Kier molecular flexibility index (Phi) is 4.10. The van der Waals surface area contributed by atoms with E-state index in [4.69, 9.17) is 0 Å². The van der Waals surface area contributed by atoms with Crippen molar-refractivity contribution in [3.63, 3.8) is 0 Å². The number of hydrogen-bond acceptors (Lipinski definition) is 4. The summed E-state index contributed by atoms with van der Waals surface area (Å²) in [4.78, 5) is 8.14. The van der Waals surface area contributed by atoms with Crippen LogP contribution in [0.2, 0.25) is 0 Å². The Bertz CT molecular complexity index is 1180. The highest BCUT2D eigenvalue weighted by Crippen LogP contribution is 2.35. The highest BCUT2D eigenvalue weighted by Gasteiger charge is 2.31. The van der Waals surface area contributed by atoms with E-state index < -0.39 is 11.7 Å². The lowest BCUT2D eigenvalue weighted by Gasteiger charge is -2.08. The van der Waals surface area contributed by atoms with Crippen molar-refractivity contribution < 1.29 is 18.3 Å². The monoisotopic (exact) mass is 387 g/mol. The minimum absolute atomic E-state index is 0.00405. The first-order valence-electron chi connectivity index (χ1n) is 8.55. The van der Waals surface area contributed by atoms with E-state index in [2.05, 4.69) is 15.1 Å². The molecule has 0 aromatic carbocycles. The second-order valence-electron chi connectivity index (χ2n) is 6.42. The smallest absolute Gasteiger partial charge is 0.417 e. The number of hydrogen-bond donors (Lipinski definition) is 1. The summed E-state index contributed by atoms with van der Waals surface area (Å²) >= 11 is 0. The van der Waals surface area contributed by atoms with E-state index in [1.54, 1.807) is 40.8 Å². The maximum absolute atomic E-state index is 13.0. The highest BCUT2D eigenvalue weighted by molar-refractivity contribution is 5.90. The molecule has 4 rings (SSSR count). The maximum atomic E-state index is 13.0. The van der Waals surface area contributed by atoms with E-state index in [0.29, 0.717) is 34.4 Å². The first-order valence-corrected chi connectivity index (χ1v) is 8.55. The fraction of sp³-hybridized carbons (Fsp3) is 0.211. The predicted octanol–water partition coefficient (Wildman–Crippen LogP) is 4.34. The Morgan fingerprint density at radius 2 is 1.89 bits per heavy atom. The molecule has 1 N–H and O–H groups in total. The average Bonchev–Trinajstić information content (AvgIpc) is 3.25. The molecule has 4 aromatic heterocycles. The van der Waals surface area contributed by atoms with Gasteiger partial charge in [0.25, 0.3) is 0 Å². The lowest BCUT2D eigenvalue weighted by Crippen LogP contribution is -2.05. The Labute approximate surface area is 157 Å². The summed E-state index contributed by atoms with van der Waals surface area (Å²) in [5.41, 5.74) is 1.59. The number of halogens is 3. The average molecular weight is 387 g/mol. The Morgan fingerprint density at radius 1 is 1.11 bits per heavy atom. The number of alkyl halides is 3. The summed E-state index contributed by atoms with van der Waals surface area (Å²) < 4.78 is 42.2. The summed E-state index contributed by atoms with van der Waals surface area (Å²) in [6, 6.07) is 2.65. The minimum Gasteiger partial charge on any atom is -0.494 e. The fourth-order valence-corrected chi connectivity index (χ4v) is 3.12. The van der Waals surface area contributed by atoms with Crippen LogP contribution in [0.5, 0.6) is 5.88 Å². The maximum Gasteiger partial charge on any atom is 0.417 e. The largest absolute Gasteiger partial charge is 0.494 e. The van der Waals surface area contributed by atoms with Crippen molar-refractivity contribution in [3.8, 4) is 22.8 Å². The number of nitrogens with zero attached hydrogens (tertiary/aromatic N) is 5. The first-order chi connectivity index (χ1) is 13.3. The topological polar surface area (TPSA) is 68.8 Å². The summed E-state index contributed by atoms with van der Waals surface area (Å²) in [7, 11) is 0.